The van der Waals surface area contributed by atoms with E-state index in [2.05, 4.69) is 5.43 Å². The molecule has 0 spiro atoms. The third kappa shape index (κ3) is 3.04. The number of ether oxygens (including phenoxy) is 2. The highest BCUT2D eigenvalue weighted by molar-refractivity contribution is 6.30. The molecule has 20 heavy (non-hydrogen) atoms. The monoisotopic (exact) mass is 292 g/mol. The molecule has 0 aliphatic heterocycles. The van der Waals surface area contributed by atoms with Gasteiger partial charge in [-0.3, -0.25) is 5.84 Å². The Hall–Kier alpha value is -1.75. The number of methoxy groups -OCH3 is 2. The fourth-order valence-electron chi connectivity index (χ4n) is 2.11. The molecule has 1 atom stereocenters. The van der Waals surface area contributed by atoms with E-state index in [1.54, 1.807) is 20.3 Å². The van der Waals surface area contributed by atoms with Gasteiger partial charge in [-0.2, -0.15) is 0 Å². The van der Waals surface area contributed by atoms with Gasteiger partial charge >= 0.3 is 0 Å². The average molecular weight is 293 g/mol. The molecule has 0 bridgehead atoms. The van der Waals surface area contributed by atoms with Crippen LogP contribution in [-0.2, 0) is 0 Å². The van der Waals surface area contributed by atoms with E-state index in [9.17, 15) is 0 Å². The number of nitrogens with one attached hydrogen (secondary N) is 1. The fraction of sp³-hybridized carbons (Fsp3) is 0.200. The summed E-state index contributed by atoms with van der Waals surface area (Å²) in [5, 5.41) is 0.618. The number of nitrogens with two attached hydrogens (primary N) is 1. The van der Waals surface area contributed by atoms with Gasteiger partial charge in [0.25, 0.3) is 0 Å². The first kappa shape index (κ1) is 14.7. The summed E-state index contributed by atoms with van der Waals surface area (Å²) in [6, 6.07) is 13.0. The third-order valence-electron chi connectivity index (χ3n) is 3.10. The van der Waals surface area contributed by atoms with Gasteiger partial charge in [0.1, 0.15) is 11.5 Å². The lowest BCUT2D eigenvalue weighted by molar-refractivity contribution is 0.403. The van der Waals surface area contributed by atoms with Crippen LogP contribution >= 0.6 is 11.6 Å². The first-order valence-corrected chi connectivity index (χ1v) is 6.51. The van der Waals surface area contributed by atoms with E-state index in [0.717, 1.165) is 16.9 Å². The smallest absolute Gasteiger partial charge is 0.125 e. The lowest BCUT2D eigenvalue weighted by Crippen LogP contribution is -2.29. The van der Waals surface area contributed by atoms with Gasteiger partial charge in [0.2, 0.25) is 0 Å². The van der Waals surface area contributed by atoms with E-state index >= 15 is 0 Å². The van der Waals surface area contributed by atoms with Crippen LogP contribution in [0.15, 0.2) is 42.5 Å². The maximum atomic E-state index is 5.99. The normalized spacial score (nSPS) is 12.0. The van der Waals surface area contributed by atoms with Gasteiger partial charge in [0.05, 0.1) is 20.3 Å². The zero-order chi connectivity index (χ0) is 14.5. The van der Waals surface area contributed by atoms with Crippen LogP contribution in [0.2, 0.25) is 5.02 Å². The van der Waals surface area contributed by atoms with Crippen LogP contribution in [0.5, 0.6) is 11.5 Å². The van der Waals surface area contributed by atoms with Gasteiger partial charge in [0, 0.05) is 10.6 Å². The minimum absolute atomic E-state index is 0.211. The van der Waals surface area contributed by atoms with E-state index in [0.29, 0.717) is 10.8 Å². The number of halogens is 1. The Morgan fingerprint density at radius 3 is 2.55 bits per heavy atom. The van der Waals surface area contributed by atoms with Crippen LogP contribution in [0.1, 0.15) is 17.2 Å². The van der Waals surface area contributed by atoms with Crippen LogP contribution in [0.25, 0.3) is 0 Å². The van der Waals surface area contributed by atoms with Gasteiger partial charge < -0.3 is 9.47 Å². The number of benzene rings is 2. The van der Waals surface area contributed by atoms with Gasteiger partial charge in [0.15, 0.2) is 0 Å². The van der Waals surface area contributed by atoms with Crippen molar-refractivity contribution in [3.8, 4) is 11.5 Å². The largest absolute Gasteiger partial charge is 0.497 e. The highest BCUT2D eigenvalue weighted by Crippen LogP contribution is 2.32. The summed E-state index contributed by atoms with van der Waals surface area (Å²) < 4.78 is 10.6. The summed E-state index contributed by atoms with van der Waals surface area (Å²) >= 11 is 5.99. The molecule has 0 amide bonds. The average Bonchev–Trinajstić information content (AvgIpc) is 2.49. The van der Waals surface area contributed by atoms with Crippen molar-refractivity contribution < 1.29 is 9.47 Å². The van der Waals surface area contributed by atoms with Crippen LogP contribution in [0, 0.1) is 0 Å². The zero-order valence-corrected chi connectivity index (χ0v) is 12.1. The van der Waals surface area contributed by atoms with E-state index in [1.807, 2.05) is 36.4 Å². The maximum Gasteiger partial charge on any atom is 0.125 e. The van der Waals surface area contributed by atoms with E-state index < -0.39 is 0 Å². The Bertz CT molecular complexity index is 590. The Balaban J connectivity index is 2.46. The number of rotatable bonds is 5. The van der Waals surface area contributed by atoms with Gasteiger partial charge in [-0.25, -0.2) is 5.43 Å². The first-order chi connectivity index (χ1) is 9.69. The third-order valence-corrected chi connectivity index (χ3v) is 3.34. The Morgan fingerprint density at radius 2 is 1.90 bits per heavy atom. The van der Waals surface area contributed by atoms with Crippen molar-refractivity contribution in [1.82, 2.24) is 5.43 Å². The van der Waals surface area contributed by atoms with Crippen molar-refractivity contribution in [2.75, 3.05) is 14.2 Å². The van der Waals surface area contributed by atoms with Crippen LogP contribution in [0.3, 0.4) is 0 Å². The first-order valence-electron chi connectivity index (χ1n) is 6.13. The fourth-order valence-corrected chi connectivity index (χ4v) is 2.27. The molecule has 0 saturated carbocycles. The molecule has 2 aromatic carbocycles. The van der Waals surface area contributed by atoms with E-state index in [-0.39, 0.29) is 6.04 Å². The summed E-state index contributed by atoms with van der Waals surface area (Å²) in [6.07, 6.45) is 0. The van der Waals surface area contributed by atoms with Crippen molar-refractivity contribution in [3.63, 3.8) is 0 Å². The maximum absolute atomic E-state index is 5.99. The van der Waals surface area contributed by atoms with Crippen molar-refractivity contribution in [2.45, 2.75) is 6.04 Å². The second-order valence-corrected chi connectivity index (χ2v) is 4.70. The highest BCUT2D eigenvalue weighted by atomic mass is 35.5. The van der Waals surface area contributed by atoms with Crippen molar-refractivity contribution in [1.29, 1.82) is 0 Å². The van der Waals surface area contributed by atoms with Gasteiger partial charge in [-0.1, -0.05) is 29.8 Å². The minimum atomic E-state index is -0.211. The Kier molecular flexibility index (Phi) is 4.84. The van der Waals surface area contributed by atoms with E-state index in [1.165, 1.54) is 0 Å². The topological polar surface area (TPSA) is 56.5 Å². The number of hydrazine groups is 1. The summed E-state index contributed by atoms with van der Waals surface area (Å²) in [6.45, 7) is 0. The Morgan fingerprint density at radius 1 is 1.10 bits per heavy atom. The van der Waals surface area contributed by atoms with Crippen LogP contribution in [-0.4, -0.2) is 14.2 Å². The molecule has 0 heterocycles. The lowest BCUT2D eigenvalue weighted by Gasteiger charge is -2.20. The second-order valence-electron chi connectivity index (χ2n) is 4.26. The SMILES string of the molecule is COc1cccc(C(NN)c2ccc(Cl)cc2OC)c1. The molecule has 106 valence electrons. The van der Waals surface area contributed by atoms with Crippen molar-refractivity contribution >= 4 is 11.6 Å². The number of hydrogen-bond acceptors (Lipinski definition) is 4. The highest BCUT2D eigenvalue weighted by Gasteiger charge is 2.17. The second kappa shape index (κ2) is 6.61. The molecular weight excluding hydrogens is 276 g/mol. The lowest BCUT2D eigenvalue weighted by atomic mass is 9.98. The molecule has 5 heteroatoms. The molecule has 0 saturated heterocycles. The predicted octanol–water partition coefficient (Wildman–Crippen LogP) is 2.91. The molecule has 0 fully saturated rings. The molecule has 4 nitrogen and oxygen atoms in total. The minimum Gasteiger partial charge on any atom is -0.497 e. The molecular formula is C15H17ClN2O2. The molecule has 1 unspecified atom stereocenters. The quantitative estimate of drug-likeness (QED) is 0.657. The predicted molar refractivity (Wildman–Crippen MR) is 80.2 cm³/mol. The molecule has 3 N–H and O–H groups in total. The van der Waals surface area contributed by atoms with Crippen molar-refractivity contribution in [2.24, 2.45) is 5.84 Å². The van der Waals surface area contributed by atoms with Crippen molar-refractivity contribution in [3.05, 3.63) is 58.6 Å². The summed E-state index contributed by atoms with van der Waals surface area (Å²) in [5.74, 6) is 7.17. The Labute approximate surface area is 123 Å². The summed E-state index contributed by atoms with van der Waals surface area (Å²) in [7, 11) is 3.24. The van der Waals surface area contributed by atoms with Gasteiger partial charge in [-0.15, -0.1) is 0 Å². The van der Waals surface area contributed by atoms with Crippen LogP contribution < -0.4 is 20.7 Å². The molecule has 0 aliphatic carbocycles. The molecule has 2 aromatic rings. The summed E-state index contributed by atoms with van der Waals surface area (Å²) in [5.41, 5.74) is 4.69. The molecule has 2 rings (SSSR count). The standard InChI is InChI=1S/C15H17ClN2O2/c1-19-12-5-3-4-10(8-12)15(18-17)13-7-6-11(16)9-14(13)20-2/h3-9,15,18H,17H2,1-2H3. The van der Waals surface area contributed by atoms with Gasteiger partial charge in [-0.05, 0) is 29.8 Å². The number of hydrogen-bond donors (Lipinski definition) is 2. The van der Waals surface area contributed by atoms with Crippen LogP contribution in [0.4, 0.5) is 0 Å². The molecule has 0 aliphatic rings. The summed E-state index contributed by atoms with van der Waals surface area (Å²) in [4.78, 5) is 0. The van der Waals surface area contributed by atoms with E-state index in [4.69, 9.17) is 26.9 Å². The molecule has 0 aromatic heterocycles. The molecule has 0 radical (unpaired) electrons. The zero-order valence-electron chi connectivity index (χ0n) is 11.4.